The van der Waals surface area contributed by atoms with Crippen molar-refractivity contribution in [1.82, 2.24) is 4.98 Å². The van der Waals surface area contributed by atoms with Gasteiger partial charge in [-0.25, -0.2) is 8.42 Å². The molecule has 1 aromatic rings. The Morgan fingerprint density at radius 2 is 1.45 bits per heavy atom. The molecule has 114 valence electrons. The van der Waals surface area contributed by atoms with Crippen LogP contribution in [-0.4, -0.2) is 18.9 Å². The van der Waals surface area contributed by atoms with E-state index in [-0.39, 0.29) is 6.07 Å². The summed E-state index contributed by atoms with van der Waals surface area (Å²) in [6.07, 6.45) is -5.15. The summed E-state index contributed by atoms with van der Waals surface area (Å²) in [7, 11) is -7.19. The third kappa shape index (κ3) is 2.55. The van der Waals surface area contributed by atoms with E-state index >= 15 is 0 Å². The molecule has 12 heteroatoms. The lowest BCUT2D eigenvalue weighted by Gasteiger charge is -2.21. The number of halogens is 8. The van der Waals surface area contributed by atoms with Crippen LogP contribution in [0.4, 0.5) is 35.1 Å². The average molecular weight is 329 g/mol. The van der Waals surface area contributed by atoms with Crippen LogP contribution in [0.3, 0.4) is 0 Å². The summed E-state index contributed by atoms with van der Waals surface area (Å²) < 4.78 is 122. The number of pyridine rings is 1. The van der Waals surface area contributed by atoms with Crippen LogP contribution in [-0.2, 0) is 21.3 Å². The summed E-state index contributed by atoms with van der Waals surface area (Å²) in [6.45, 7) is 0. The van der Waals surface area contributed by atoms with Crippen molar-refractivity contribution >= 4 is 9.84 Å². The Bertz CT molecular complexity index is 604. The van der Waals surface area contributed by atoms with E-state index in [1.54, 1.807) is 0 Å². The van der Waals surface area contributed by atoms with Crippen LogP contribution < -0.4 is 0 Å². The van der Waals surface area contributed by atoms with Crippen LogP contribution in [0.2, 0.25) is 0 Å². The summed E-state index contributed by atoms with van der Waals surface area (Å²) in [4.78, 5) is 2.48. The molecule has 0 fully saturated rings. The number of nitrogens with zero attached hydrogens (tertiary/aromatic N) is 1. The molecule has 1 aromatic heterocycles. The molecule has 0 atom stereocenters. The van der Waals surface area contributed by atoms with Crippen LogP contribution in [0.25, 0.3) is 0 Å². The molecular weight excluding hydrogens is 326 g/mol. The van der Waals surface area contributed by atoms with Crippen molar-refractivity contribution in [2.45, 2.75) is 16.9 Å². The van der Waals surface area contributed by atoms with Crippen LogP contribution in [0, 0.1) is 0 Å². The average Bonchev–Trinajstić information content (AvgIpc) is 2.26. The molecule has 0 spiro atoms. The molecular formula is C8H3F8NO2S. The summed E-state index contributed by atoms with van der Waals surface area (Å²) >= 11 is 0. The van der Waals surface area contributed by atoms with E-state index < -0.39 is 38.0 Å². The van der Waals surface area contributed by atoms with E-state index in [1.807, 2.05) is 0 Å². The molecule has 0 saturated carbocycles. The van der Waals surface area contributed by atoms with Gasteiger partial charge in [-0.15, -0.1) is 0 Å². The third-order valence-corrected chi connectivity index (χ3v) is 3.54. The highest BCUT2D eigenvalue weighted by molar-refractivity contribution is 7.92. The first-order chi connectivity index (χ1) is 8.73. The fourth-order valence-electron chi connectivity index (χ4n) is 1.16. The van der Waals surface area contributed by atoms with Gasteiger partial charge in [0, 0.05) is 6.20 Å². The zero-order valence-electron chi connectivity index (χ0n) is 8.93. The van der Waals surface area contributed by atoms with Crippen LogP contribution >= 0.6 is 0 Å². The largest absolute Gasteiger partial charge is 0.503 e. The van der Waals surface area contributed by atoms with Gasteiger partial charge in [-0.1, -0.05) is 0 Å². The minimum atomic E-state index is -7.19. The van der Waals surface area contributed by atoms with Gasteiger partial charge in [0.25, 0.3) is 0 Å². The molecule has 0 aliphatic heterocycles. The summed E-state index contributed by atoms with van der Waals surface area (Å²) in [5, 5.41) is -5.82. The molecule has 0 aromatic carbocycles. The molecule has 0 aliphatic rings. The topological polar surface area (TPSA) is 47.0 Å². The Morgan fingerprint density at radius 1 is 0.950 bits per heavy atom. The molecule has 20 heavy (non-hydrogen) atoms. The van der Waals surface area contributed by atoms with E-state index in [0.29, 0.717) is 12.3 Å². The summed E-state index contributed by atoms with van der Waals surface area (Å²) in [5.41, 5.74) is -11.2. The number of sulfone groups is 1. The zero-order chi connectivity index (χ0) is 16.0. The maximum absolute atomic E-state index is 13.4. The quantitative estimate of drug-likeness (QED) is 0.784. The van der Waals surface area contributed by atoms with E-state index in [9.17, 15) is 43.5 Å². The predicted octanol–water partition coefficient (Wildman–Crippen LogP) is 3.08. The normalized spacial score (nSPS) is 14.4. The van der Waals surface area contributed by atoms with E-state index in [2.05, 4.69) is 4.98 Å². The fourth-order valence-corrected chi connectivity index (χ4v) is 1.90. The molecule has 1 rings (SSSR count). The molecule has 3 nitrogen and oxygen atoms in total. The summed E-state index contributed by atoms with van der Waals surface area (Å²) in [5.74, 6) is 0. The highest BCUT2D eigenvalue weighted by atomic mass is 32.2. The van der Waals surface area contributed by atoms with Crippen molar-refractivity contribution in [3.05, 3.63) is 29.6 Å². The van der Waals surface area contributed by atoms with Gasteiger partial charge in [-0.05, 0) is 12.1 Å². The van der Waals surface area contributed by atoms with Gasteiger partial charge in [0.15, 0.2) is 5.69 Å². The minimum Gasteiger partial charge on any atom is -0.251 e. The van der Waals surface area contributed by atoms with Gasteiger partial charge in [-0.3, -0.25) is 4.98 Å². The Balaban J connectivity index is 3.61. The SMILES string of the molecule is O=S(=O)(C(F)(F)F)C(F)(F)c1cccnc1C(F)(F)F. The smallest absolute Gasteiger partial charge is 0.251 e. The molecule has 1 heterocycles. The van der Waals surface area contributed by atoms with Crippen molar-refractivity contribution < 1.29 is 43.5 Å². The lowest BCUT2D eigenvalue weighted by atomic mass is 10.2. The predicted molar refractivity (Wildman–Crippen MR) is 48.1 cm³/mol. The lowest BCUT2D eigenvalue weighted by Crippen LogP contribution is -2.39. The van der Waals surface area contributed by atoms with Crippen LogP contribution in [0.1, 0.15) is 11.3 Å². The Hall–Kier alpha value is -1.46. The standard InChI is InChI=1S/C8H3F8NO2S/c9-6(10,11)5-4(2-1-3-17-5)7(12,13)20(18,19)8(14,15)16/h1-3H. The molecule has 0 N–H and O–H groups in total. The highest BCUT2D eigenvalue weighted by Gasteiger charge is 2.64. The zero-order valence-corrected chi connectivity index (χ0v) is 9.74. The van der Waals surface area contributed by atoms with Gasteiger partial charge in [0.05, 0.1) is 5.56 Å². The maximum Gasteiger partial charge on any atom is 0.503 e. The van der Waals surface area contributed by atoms with Crippen LogP contribution in [0.15, 0.2) is 18.3 Å². The first-order valence-electron chi connectivity index (χ1n) is 4.44. The van der Waals surface area contributed by atoms with Crippen LogP contribution in [0.5, 0.6) is 0 Å². The molecule has 0 amide bonds. The fraction of sp³-hybridized carbons (Fsp3) is 0.375. The van der Waals surface area contributed by atoms with E-state index in [0.717, 1.165) is 0 Å². The summed E-state index contributed by atoms with van der Waals surface area (Å²) in [6, 6.07) is 0.378. The molecule has 0 unspecified atom stereocenters. The van der Waals surface area contributed by atoms with Crippen molar-refractivity contribution in [1.29, 1.82) is 0 Å². The molecule has 0 saturated heterocycles. The van der Waals surface area contributed by atoms with E-state index in [4.69, 9.17) is 0 Å². The van der Waals surface area contributed by atoms with Gasteiger partial charge < -0.3 is 0 Å². The monoisotopic (exact) mass is 329 g/mol. The van der Waals surface area contributed by atoms with Crippen molar-refractivity contribution in [2.24, 2.45) is 0 Å². The van der Waals surface area contributed by atoms with Gasteiger partial charge >= 0.3 is 26.8 Å². The number of hydrogen-bond acceptors (Lipinski definition) is 3. The second-order valence-electron chi connectivity index (χ2n) is 3.36. The van der Waals surface area contributed by atoms with Gasteiger partial charge in [0.1, 0.15) is 0 Å². The highest BCUT2D eigenvalue weighted by Crippen LogP contribution is 2.46. The number of alkyl halides is 8. The number of rotatable bonds is 2. The Labute approximate surface area is 106 Å². The molecule has 0 bridgehead atoms. The first-order valence-corrected chi connectivity index (χ1v) is 5.92. The van der Waals surface area contributed by atoms with Crippen molar-refractivity contribution in [3.8, 4) is 0 Å². The molecule has 0 radical (unpaired) electrons. The number of hydrogen-bond donors (Lipinski definition) is 0. The minimum absolute atomic E-state index is 0.0842. The molecule has 0 aliphatic carbocycles. The first kappa shape index (κ1) is 16.6. The Morgan fingerprint density at radius 3 is 1.85 bits per heavy atom. The van der Waals surface area contributed by atoms with Gasteiger partial charge in [-0.2, -0.15) is 35.1 Å². The number of aromatic nitrogens is 1. The lowest BCUT2D eigenvalue weighted by molar-refractivity contribution is -0.144. The van der Waals surface area contributed by atoms with Crippen molar-refractivity contribution in [3.63, 3.8) is 0 Å². The second kappa shape index (κ2) is 4.53. The van der Waals surface area contributed by atoms with Gasteiger partial charge in [0.2, 0.25) is 0 Å². The second-order valence-corrected chi connectivity index (χ2v) is 5.35. The Kier molecular flexibility index (Phi) is 3.76. The maximum atomic E-state index is 13.4. The third-order valence-electron chi connectivity index (χ3n) is 2.03. The van der Waals surface area contributed by atoms with E-state index in [1.165, 1.54) is 0 Å². The van der Waals surface area contributed by atoms with Crippen molar-refractivity contribution in [2.75, 3.05) is 0 Å².